The lowest BCUT2D eigenvalue weighted by atomic mass is 9.94. The SMILES string of the molecule is Cc1ccc2c(c1)c1ccccc1n2-c1cc(-c2ccc(C#N)cc2C(F)(F)F)cc(-n2c3ccccc3c3cc(C(F)(F)F)ccc32)c1C#N. The van der Waals surface area contributed by atoms with Gasteiger partial charge in [0.15, 0.2) is 0 Å². The molecule has 0 N–H and O–H groups in total. The molecular formula is C41H22F6N4. The van der Waals surface area contributed by atoms with Crippen molar-refractivity contribution in [1.82, 2.24) is 9.13 Å². The summed E-state index contributed by atoms with van der Waals surface area (Å²) in [7, 11) is 0. The third-order valence-electron chi connectivity index (χ3n) is 9.28. The summed E-state index contributed by atoms with van der Waals surface area (Å²) in [6, 6.07) is 33.7. The highest BCUT2D eigenvalue weighted by Gasteiger charge is 2.35. The molecule has 0 aliphatic carbocycles. The van der Waals surface area contributed by atoms with Crippen molar-refractivity contribution in [1.29, 1.82) is 10.5 Å². The number of fused-ring (bicyclic) bond motifs is 6. The summed E-state index contributed by atoms with van der Waals surface area (Å²) in [5.41, 5.74) is 1.49. The van der Waals surface area contributed by atoms with Gasteiger partial charge in [0.2, 0.25) is 0 Å². The predicted octanol–water partition coefficient (Wildman–Crippen LogP) is 11.6. The molecule has 2 heterocycles. The van der Waals surface area contributed by atoms with Crippen LogP contribution >= 0.6 is 0 Å². The number of hydrogen-bond acceptors (Lipinski definition) is 2. The van der Waals surface area contributed by atoms with Crippen LogP contribution in [0.1, 0.15) is 27.8 Å². The van der Waals surface area contributed by atoms with Gasteiger partial charge in [-0.25, -0.2) is 0 Å². The number of alkyl halides is 6. The number of aromatic nitrogens is 2. The summed E-state index contributed by atoms with van der Waals surface area (Å²) in [6.45, 7) is 1.95. The van der Waals surface area contributed by atoms with E-state index in [0.717, 1.165) is 34.5 Å². The number of aryl methyl sites for hydroxylation is 1. The molecule has 8 rings (SSSR count). The Morgan fingerprint density at radius 1 is 0.529 bits per heavy atom. The molecule has 0 amide bonds. The van der Waals surface area contributed by atoms with Crippen molar-refractivity contribution in [2.24, 2.45) is 0 Å². The highest BCUT2D eigenvalue weighted by Crippen LogP contribution is 2.44. The molecule has 0 unspecified atom stereocenters. The third-order valence-corrected chi connectivity index (χ3v) is 9.28. The molecule has 0 spiro atoms. The van der Waals surface area contributed by atoms with Gasteiger partial charge in [-0.3, -0.25) is 0 Å². The first-order valence-corrected chi connectivity index (χ1v) is 15.7. The molecule has 0 bridgehead atoms. The number of rotatable bonds is 3. The van der Waals surface area contributed by atoms with E-state index in [1.807, 2.05) is 54.0 Å². The van der Waals surface area contributed by atoms with E-state index >= 15 is 0 Å². The summed E-state index contributed by atoms with van der Waals surface area (Å²) >= 11 is 0. The molecule has 248 valence electrons. The lowest BCUT2D eigenvalue weighted by molar-refractivity contribution is -0.138. The van der Waals surface area contributed by atoms with E-state index in [1.54, 1.807) is 34.9 Å². The smallest absolute Gasteiger partial charge is 0.308 e. The standard InChI is InChI=1S/C41H22F6N4/c1-23-10-14-36-30(16-23)28-6-2-4-8-34(28)50(36)38-18-25(27-13-11-24(21-48)17-33(27)41(45,46)47)19-39(32(38)22-49)51-35-9-5-3-7-29(35)31-20-26(40(42,43)44)12-15-37(31)51/h2-20H,1H3. The molecule has 0 saturated carbocycles. The molecule has 0 radical (unpaired) electrons. The molecule has 51 heavy (non-hydrogen) atoms. The predicted molar refractivity (Wildman–Crippen MR) is 185 cm³/mol. The Morgan fingerprint density at radius 3 is 1.63 bits per heavy atom. The van der Waals surface area contributed by atoms with Gasteiger partial charge in [0, 0.05) is 21.5 Å². The Hall–Kier alpha value is -6.52. The molecule has 0 fully saturated rings. The van der Waals surface area contributed by atoms with Crippen molar-refractivity contribution in [2.45, 2.75) is 19.3 Å². The molecule has 0 atom stereocenters. The average Bonchev–Trinajstić information content (AvgIpc) is 3.62. The Labute approximate surface area is 286 Å². The highest BCUT2D eigenvalue weighted by atomic mass is 19.4. The molecule has 0 aliphatic rings. The van der Waals surface area contributed by atoms with E-state index in [4.69, 9.17) is 0 Å². The number of hydrogen-bond donors (Lipinski definition) is 0. The Morgan fingerprint density at radius 2 is 1.08 bits per heavy atom. The second kappa shape index (κ2) is 11.3. The molecule has 4 nitrogen and oxygen atoms in total. The van der Waals surface area contributed by atoms with E-state index in [-0.39, 0.29) is 39.0 Å². The van der Waals surface area contributed by atoms with Gasteiger partial charge < -0.3 is 9.13 Å². The van der Waals surface area contributed by atoms with E-state index in [1.165, 1.54) is 30.3 Å². The van der Waals surface area contributed by atoms with Crippen LogP contribution in [0.3, 0.4) is 0 Å². The van der Waals surface area contributed by atoms with Gasteiger partial charge in [-0.05, 0) is 84.8 Å². The minimum Gasteiger partial charge on any atom is -0.308 e. The number of nitrogens with zero attached hydrogens (tertiary/aromatic N) is 4. The zero-order chi connectivity index (χ0) is 35.8. The molecule has 2 aromatic heterocycles. The second-order valence-corrected chi connectivity index (χ2v) is 12.3. The van der Waals surface area contributed by atoms with Gasteiger partial charge in [0.25, 0.3) is 0 Å². The minimum atomic E-state index is -4.85. The van der Waals surface area contributed by atoms with Crippen molar-refractivity contribution >= 4 is 43.6 Å². The van der Waals surface area contributed by atoms with Gasteiger partial charge in [-0.1, -0.05) is 54.1 Å². The van der Waals surface area contributed by atoms with Gasteiger partial charge in [0.1, 0.15) is 11.6 Å². The number of para-hydroxylation sites is 2. The first-order chi connectivity index (χ1) is 24.4. The van der Waals surface area contributed by atoms with E-state index < -0.39 is 23.5 Å². The zero-order valence-electron chi connectivity index (χ0n) is 26.5. The largest absolute Gasteiger partial charge is 0.417 e. The number of benzene rings is 6. The Kier molecular flexibility index (Phi) is 7.00. The topological polar surface area (TPSA) is 57.4 Å². The summed E-state index contributed by atoms with van der Waals surface area (Å²) < 4.78 is 89.3. The lowest BCUT2D eigenvalue weighted by Crippen LogP contribution is -2.09. The number of nitriles is 2. The zero-order valence-corrected chi connectivity index (χ0v) is 26.5. The minimum absolute atomic E-state index is 0.0895. The highest BCUT2D eigenvalue weighted by molar-refractivity contribution is 6.11. The van der Waals surface area contributed by atoms with Crippen molar-refractivity contribution in [3.8, 4) is 34.6 Å². The van der Waals surface area contributed by atoms with Gasteiger partial charge >= 0.3 is 12.4 Å². The molecule has 8 aromatic rings. The molecule has 6 aromatic carbocycles. The fourth-order valence-electron chi connectivity index (χ4n) is 7.09. The summed E-state index contributed by atoms with van der Waals surface area (Å²) in [6.07, 6.45) is -9.47. The average molecular weight is 685 g/mol. The maximum atomic E-state index is 14.7. The Balaban J connectivity index is 1.57. The van der Waals surface area contributed by atoms with Gasteiger partial charge in [-0.15, -0.1) is 0 Å². The van der Waals surface area contributed by atoms with Crippen LogP contribution < -0.4 is 0 Å². The maximum absolute atomic E-state index is 14.7. The van der Waals surface area contributed by atoms with Gasteiger partial charge in [0.05, 0.1) is 56.2 Å². The van der Waals surface area contributed by atoms with Crippen LogP contribution in [-0.2, 0) is 12.4 Å². The molecule has 0 aliphatic heterocycles. The normalized spacial score (nSPS) is 12.2. The molecule has 10 heteroatoms. The fraction of sp³-hybridized carbons (Fsp3) is 0.0732. The van der Waals surface area contributed by atoms with Crippen LogP contribution in [0.4, 0.5) is 26.3 Å². The van der Waals surface area contributed by atoms with Crippen LogP contribution in [0.25, 0.3) is 66.1 Å². The Bertz CT molecular complexity index is 2820. The molecular weight excluding hydrogens is 662 g/mol. The summed E-state index contributed by atoms with van der Waals surface area (Å²) in [5.74, 6) is 0. The first-order valence-electron chi connectivity index (χ1n) is 15.7. The lowest BCUT2D eigenvalue weighted by Gasteiger charge is -2.20. The van der Waals surface area contributed by atoms with Crippen molar-refractivity contribution in [3.63, 3.8) is 0 Å². The van der Waals surface area contributed by atoms with Crippen LogP contribution in [0.5, 0.6) is 0 Å². The monoisotopic (exact) mass is 684 g/mol. The summed E-state index contributed by atoms with van der Waals surface area (Å²) in [5, 5.41) is 22.9. The first kappa shape index (κ1) is 31.7. The van der Waals surface area contributed by atoms with Crippen molar-refractivity contribution in [2.75, 3.05) is 0 Å². The summed E-state index contributed by atoms with van der Waals surface area (Å²) in [4.78, 5) is 0. The van der Waals surface area contributed by atoms with E-state index in [9.17, 15) is 36.9 Å². The number of halogens is 6. The molecule has 0 saturated heterocycles. The maximum Gasteiger partial charge on any atom is 0.417 e. The van der Waals surface area contributed by atoms with Gasteiger partial charge in [-0.2, -0.15) is 36.9 Å². The van der Waals surface area contributed by atoms with Crippen LogP contribution in [0.15, 0.2) is 115 Å². The second-order valence-electron chi connectivity index (χ2n) is 12.3. The third kappa shape index (κ3) is 4.99. The van der Waals surface area contributed by atoms with Crippen LogP contribution in [-0.4, -0.2) is 9.13 Å². The van der Waals surface area contributed by atoms with E-state index in [0.29, 0.717) is 27.5 Å². The fourth-order valence-corrected chi connectivity index (χ4v) is 7.09. The van der Waals surface area contributed by atoms with Crippen molar-refractivity contribution in [3.05, 3.63) is 143 Å². The van der Waals surface area contributed by atoms with Crippen molar-refractivity contribution < 1.29 is 26.3 Å². The van der Waals surface area contributed by atoms with E-state index in [2.05, 4.69) is 6.07 Å². The van der Waals surface area contributed by atoms with Crippen LogP contribution in [0, 0.1) is 29.6 Å². The van der Waals surface area contributed by atoms with Crippen LogP contribution in [0.2, 0.25) is 0 Å². The quantitative estimate of drug-likeness (QED) is 0.174.